The molecular formula is C20H29F2NO6S. The van der Waals surface area contributed by atoms with Gasteiger partial charge in [0.25, 0.3) is 16.0 Å². The summed E-state index contributed by atoms with van der Waals surface area (Å²) in [5, 5.41) is 0. The molecule has 0 bridgehead atoms. The van der Waals surface area contributed by atoms with Gasteiger partial charge < -0.3 is 14.4 Å². The molecule has 10 heteroatoms. The van der Waals surface area contributed by atoms with Crippen molar-refractivity contribution in [1.29, 1.82) is 0 Å². The second kappa shape index (κ2) is 9.15. The first-order chi connectivity index (χ1) is 13.7. The summed E-state index contributed by atoms with van der Waals surface area (Å²) in [5.74, 6) is -4.34. The molecule has 0 N–H and O–H groups in total. The van der Waals surface area contributed by atoms with Crippen LogP contribution >= 0.6 is 0 Å². The molecule has 0 saturated carbocycles. The topological polar surface area (TPSA) is 82.1 Å². The van der Waals surface area contributed by atoms with Crippen molar-refractivity contribution < 1.29 is 35.6 Å². The molecule has 0 radical (unpaired) electrons. The number of rotatable bonds is 6. The number of benzene rings is 1. The molecule has 1 aromatic rings. The van der Waals surface area contributed by atoms with Crippen LogP contribution in [0.3, 0.4) is 0 Å². The van der Waals surface area contributed by atoms with E-state index >= 15 is 0 Å². The Kier molecular flexibility index (Phi) is 7.47. The highest BCUT2D eigenvalue weighted by atomic mass is 32.2. The zero-order valence-electron chi connectivity index (χ0n) is 17.9. The van der Waals surface area contributed by atoms with Gasteiger partial charge in [-0.25, -0.2) is 13.6 Å². The molecule has 170 valence electrons. The van der Waals surface area contributed by atoms with Crippen molar-refractivity contribution in [3.8, 4) is 0 Å². The van der Waals surface area contributed by atoms with Gasteiger partial charge in [0.2, 0.25) is 0 Å². The van der Waals surface area contributed by atoms with Gasteiger partial charge in [-0.15, -0.1) is 0 Å². The van der Waals surface area contributed by atoms with Crippen LogP contribution in [0.25, 0.3) is 0 Å². The number of carbonyl (C=O) groups is 1. The lowest BCUT2D eigenvalue weighted by molar-refractivity contribution is -0.197. The van der Waals surface area contributed by atoms with Crippen LogP contribution in [-0.4, -0.2) is 63.3 Å². The average Bonchev–Trinajstić information content (AvgIpc) is 2.61. The molecule has 1 saturated heterocycles. The second-order valence-corrected chi connectivity index (χ2v) is 10.0. The number of ether oxygens (including phenoxy) is 2. The van der Waals surface area contributed by atoms with Crippen molar-refractivity contribution in [2.45, 2.75) is 57.1 Å². The van der Waals surface area contributed by atoms with Gasteiger partial charge in [0, 0.05) is 12.5 Å². The highest BCUT2D eigenvalue weighted by molar-refractivity contribution is 7.86. The Bertz CT molecular complexity index is 836. The lowest BCUT2D eigenvalue weighted by Crippen LogP contribution is -2.59. The number of alkyl halides is 2. The number of halogens is 2. The molecule has 0 aliphatic carbocycles. The maximum Gasteiger partial charge on any atom is 0.410 e. The fourth-order valence-corrected chi connectivity index (χ4v) is 3.81. The Balaban J connectivity index is 1.94. The quantitative estimate of drug-likeness (QED) is 0.488. The predicted octanol–water partition coefficient (Wildman–Crippen LogP) is 3.61. The predicted molar refractivity (Wildman–Crippen MR) is 106 cm³/mol. The monoisotopic (exact) mass is 449 g/mol. The van der Waals surface area contributed by atoms with E-state index in [0.29, 0.717) is 0 Å². The van der Waals surface area contributed by atoms with Gasteiger partial charge in [0.05, 0.1) is 24.7 Å². The molecule has 30 heavy (non-hydrogen) atoms. The number of piperidine rings is 1. The first kappa shape index (κ1) is 24.5. The van der Waals surface area contributed by atoms with Gasteiger partial charge in [0.1, 0.15) is 11.7 Å². The van der Waals surface area contributed by atoms with Crippen LogP contribution in [0.2, 0.25) is 0 Å². The lowest BCUT2D eigenvalue weighted by atomic mass is 9.93. The van der Waals surface area contributed by atoms with E-state index in [1.165, 1.54) is 24.0 Å². The summed E-state index contributed by atoms with van der Waals surface area (Å²) in [7, 11) is -4.02. The van der Waals surface area contributed by atoms with Crippen LogP contribution in [0, 0.1) is 12.8 Å². The summed E-state index contributed by atoms with van der Waals surface area (Å²) in [6.07, 6.45) is -2.30. The van der Waals surface area contributed by atoms with E-state index in [1.54, 1.807) is 32.9 Å². The minimum absolute atomic E-state index is 0.0270. The lowest BCUT2D eigenvalue weighted by Gasteiger charge is -2.42. The number of nitrogens with zero attached hydrogens (tertiary/aromatic N) is 1. The summed E-state index contributed by atoms with van der Waals surface area (Å²) >= 11 is 0. The summed E-state index contributed by atoms with van der Waals surface area (Å²) in [4.78, 5) is 13.4. The number of hydrogen-bond donors (Lipinski definition) is 0. The fraction of sp³-hybridized carbons (Fsp3) is 0.650. The fourth-order valence-electron chi connectivity index (χ4n) is 2.91. The average molecular weight is 450 g/mol. The van der Waals surface area contributed by atoms with Gasteiger partial charge in [-0.3, -0.25) is 4.18 Å². The van der Waals surface area contributed by atoms with Gasteiger partial charge in [-0.05, 0) is 39.8 Å². The van der Waals surface area contributed by atoms with Crippen LogP contribution in [0.5, 0.6) is 0 Å². The molecule has 1 heterocycles. The van der Waals surface area contributed by atoms with Gasteiger partial charge in [-0.2, -0.15) is 8.42 Å². The number of likely N-dealkylation sites (tertiary alicyclic amines) is 1. The Morgan fingerprint density at radius 3 is 2.33 bits per heavy atom. The van der Waals surface area contributed by atoms with Crippen molar-refractivity contribution >= 4 is 16.2 Å². The van der Waals surface area contributed by atoms with Crippen LogP contribution in [0.15, 0.2) is 29.2 Å². The molecule has 1 aromatic carbocycles. The third-order valence-corrected chi connectivity index (χ3v) is 5.90. The molecule has 7 nitrogen and oxygen atoms in total. The molecule has 2 atom stereocenters. The molecule has 1 aliphatic heterocycles. The zero-order valence-corrected chi connectivity index (χ0v) is 18.7. The molecule has 1 fully saturated rings. The normalized spacial score (nSPS) is 22.0. The van der Waals surface area contributed by atoms with Gasteiger partial charge in [0.15, 0.2) is 0 Å². The van der Waals surface area contributed by atoms with E-state index in [4.69, 9.17) is 13.7 Å². The molecule has 1 amide bonds. The molecule has 1 aliphatic rings. The van der Waals surface area contributed by atoms with Gasteiger partial charge in [-0.1, -0.05) is 24.6 Å². The summed E-state index contributed by atoms with van der Waals surface area (Å²) in [5.41, 5.74) is 0.134. The standard InChI is InChI=1S/C20H29F2NO6S/c1-14-6-8-16(9-7-14)30(25,26)28-11-10-27-17-13-23(12-15(2)20(17,21)22)18(24)29-19(3,4)5/h6-9,15,17H,10-13H2,1-5H3/t15-,17+/m0/s1. The third-order valence-electron chi connectivity index (χ3n) is 4.57. The van der Waals surface area contributed by atoms with E-state index in [-0.39, 0.29) is 24.6 Å². The minimum Gasteiger partial charge on any atom is -0.444 e. The number of carbonyl (C=O) groups excluding carboxylic acids is 1. The van der Waals surface area contributed by atoms with Crippen molar-refractivity contribution in [2.75, 3.05) is 26.3 Å². The highest BCUT2D eigenvalue weighted by Gasteiger charge is 2.51. The maximum atomic E-state index is 14.5. The van der Waals surface area contributed by atoms with Crippen LogP contribution in [-0.2, 0) is 23.8 Å². The molecular weight excluding hydrogens is 420 g/mol. The first-order valence-corrected chi connectivity index (χ1v) is 11.1. The van der Waals surface area contributed by atoms with E-state index in [0.717, 1.165) is 5.56 Å². The van der Waals surface area contributed by atoms with Crippen LogP contribution in [0.1, 0.15) is 33.3 Å². The Morgan fingerprint density at radius 2 is 1.77 bits per heavy atom. The number of amides is 1. The summed E-state index contributed by atoms with van der Waals surface area (Å²) < 4.78 is 68.8. The minimum atomic E-state index is -4.02. The Labute approximate surface area is 176 Å². The SMILES string of the molecule is Cc1ccc(S(=O)(=O)OCCO[C@@H]2CN(C(=O)OC(C)(C)C)C[C@H](C)C2(F)F)cc1. The van der Waals surface area contributed by atoms with Crippen molar-refractivity contribution in [3.05, 3.63) is 29.8 Å². The highest BCUT2D eigenvalue weighted by Crippen LogP contribution is 2.35. The van der Waals surface area contributed by atoms with Gasteiger partial charge >= 0.3 is 6.09 Å². The van der Waals surface area contributed by atoms with Crippen molar-refractivity contribution in [3.63, 3.8) is 0 Å². The smallest absolute Gasteiger partial charge is 0.410 e. The largest absolute Gasteiger partial charge is 0.444 e. The maximum absolute atomic E-state index is 14.5. The van der Waals surface area contributed by atoms with E-state index < -0.39 is 46.4 Å². The van der Waals surface area contributed by atoms with Crippen LogP contribution in [0.4, 0.5) is 13.6 Å². The molecule has 0 unspecified atom stereocenters. The molecule has 0 spiro atoms. The second-order valence-electron chi connectivity index (χ2n) is 8.41. The van der Waals surface area contributed by atoms with E-state index in [2.05, 4.69) is 0 Å². The number of hydrogen-bond acceptors (Lipinski definition) is 6. The third kappa shape index (κ3) is 6.36. The van der Waals surface area contributed by atoms with Crippen LogP contribution < -0.4 is 0 Å². The Morgan fingerprint density at radius 1 is 1.17 bits per heavy atom. The number of aryl methyl sites for hydroxylation is 1. The summed E-state index contributed by atoms with van der Waals surface area (Å²) in [6, 6.07) is 6.06. The van der Waals surface area contributed by atoms with Crippen molar-refractivity contribution in [2.24, 2.45) is 5.92 Å². The zero-order chi connectivity index (χ0) is 22.7. The molecule has 2 rings (SSSR count). The van der Waals surface area contributed by atoms with E-state index in [9.17, 15) is 22.0 Å². The first-order valence-electron chi connectivity index (χ1n) is 9.66. The summed E-state index contributed by atoms with van der Waals surface area (Å²) in [6.45, 7) is 6.87. The van der Waals surface area contributed by atoms with E-state index in [1.807, 2.05) is 6.92 Å². The molecule has 0 aromatic heterocycles. The van der Waals surface area contributed by atoms with Crippen molar-refractivity contribution in [1.82, 2.24) is 4.90 Å². The Hall–Kier alpha value is -1.78.